The van der Waals surface area contributed by atoms with Crippen molar-refractivity contribution in [3.05, 3.63) is 118 Å². The lowest BCUT2D eigenvalue weighted by molar-refractivity contribution is 0.194. The molecule has 4 heteroatoms. The van der Waals surface area contributed by atoms with Gasteiger partial charge in [-0.25, -0.2) is 0 Å². The minimum atomic E-state index is -0.144. The third-order valence-corrected chi connectivity index (χ3v) is 19.3. The van der Waals surface area contributed by atoms with E-state index in [0.717, 1.165) is 0 Å². The van der Waals surface area contributed by atoms with Gasteiger partial charge in [-0.3, -0.25) is 0 Å². The fraction of sp³-hybridized carbons (Fsp3) is 0.458. The van der Waals surface area contributed by atoms with Gasteiger partial charge in [0.05, 0.1) is 16.8 Å². The summed E-state index contributed by atoms with van der Waals surface area (Å²) in [5, 5.41) is 1.45. The first-order valence-corrected chi connectivity index (χ1v) is 24.7. The van der Waals surface area contributed by atoms with E-state index < -0.39 is 0 Å². The highest BCUT2D eigenvalue weighted by molar-refractivity contribution is 7.00. The number of aromatic nitrogens is 1. The number of nitrogens with zero attached hydrogens (tertiary/aromatic N) is 3. The molecule has 3 nitrogen and oxygen atoms in total. The molecule has 4 atom stereocenters. The van der Waals surface area contributed by atoms with Gasteiger partial charge in [0.1, 0.15) is 0 Å². The van der Waals surface area contributed by atoms with Gasteiger partial charge in [-0.15, -0.1) is 0 Å². The van der Waals surface area contributed by atoms with E-state index in [1.165, 1.54) is 146 Å². The van der Waals surface area contributed by atoms with Crippen molar-refractivity contribution >= 4 is 56.8 Å². The molecule has 3 aliphatic carbocycles. The molecule has 0 bridgehead atoms. The van der Waals surface area contributed by atoms with Crippen molar-refractivity contribution in [2.45, 2.75) is 173 Å². The summed E-state index contributed by atoms with van der Waals surface area (Å²) in [5.74, 6) is 0. The average molecular weight is 828 g/mol. The molecule has 0 saturated heterocycles. The molecule has 5 heterocycles. The number of rotatable bonds is 1. The van der Waals surface area contributed by atoms with Gasteiger partial charge in [-0.2, -0.15) is 0 Å². The van der Waals surface area contributed by atoms with Crippen molar-refractivity contribution in [2.24, 2.45) is 0 Å². The molecule has 0 amide bonds. The smallest absolute Gasteiger partial charge is 0.252 e. The summed E-state index contributed by atoms with van der Waals surface area (Å²) in [6, 6.07) is 35.0. The summed E-state index contributed by atoms with van der Waals surface area (Å²) in [5.41, 5.74) is 24.8. The summed E-state index contributed by atoms with van der Waals surface area (Å²) in [6.45, 7) is 30.2. The lowest BCUT2D eigenvalue weighted by atomic mass is 9.33. The van der Waals surface area contributed by atoms with Crippen molar-refractivity contribution in [1.82, 2.24) is 4.57 Å². The molecule has 320 valence electrons. The first kappa shape index (κ1) is 38.7. The number of anilines is 4. The fourth-order valence-electron chi connectivity index (χ4n) is 15.5. The first-order valence-electron chi connectivity index (χ1n) is 24.7. The Bertz CT molecular complexity index is 3060. The minimum absolute atomic E-state index is 0.0146. The van der Waals surface area contributed by atoms with Gasteiger partial charge in [0.2, 0.25) is 0 Å². The van der Waals surface area contributed by atoms with E-state index in [1.807, 2.05) is 0 Å². The van der Waals surface area contributed by atoms with E-state index in [4.69, 9.17) is 0 Å². The Balaban J connectivity index is 1.23. The van der Waals surface area contributed by atoms with Crippen LogP contribution in [0.25, 0.3) is 27.8 Å². The molecule has 3 unspecified atom stereocenters. The lowest BCUT2D eigenvalue weighted by Gasteiger charge is -2.53. The first-order chi connectivity index (χ1) is 29.8. The second-order valence-corrected chi connectivity index (χ2v) is 24.8. The summed E-state index contributed by atoms with van der Waals surface area (Å²) in [4.78, 5) is 5.84. The predicted molar refractivity (Wildman–Crippen MR) is 269 cm³/mol. The SMILES string of the molecule is CC(C)(C)c1cc2c3c(c1)C1(C)CCCCC1(C)N3c1cc(N3c4ccccc4[C@@]4(C)CCCCC34C)cc3c1B2c1cc(C(C)(C)C)cc2c4c(n-3c12)-c1ccccc1C4(C)C. The molecule has 13 rings (SSSR count). The van der Waals surface area contributed by atoms with Crippen LogP contribution in [0.5, 0.6) is 0 Å². The molecule has 2 saturated carbocycles. The second-order valence-electron chi connectivity index (χ2n) is 24.8. The molecular weight excluding hydrogens is 761 g/mol. The monoisotopic (exact) mass is 828 g/mol. The van der Waals surface area contributed by atoms with Crippen molar-refractivity contribution in [3.8, 4) is 16.9 Å². The number of benzene rings is 5. The van der Waals surface area contributed by atoms with E-state index in [-0.39, 0.29) is 44.9 Å². The predicted octanol–water partition coefficient (Wildman–Crippen LogP) is 13.2. The van der Waals surface area contributed by atoms with E-state index >= 15 is 0 Å². The third kappa shape index (κ3) is 4.33. The summed E-state index contributed by atoms with van der Waals surface area (Å²) >= 11 is 0. The van der Waals surface area contributed by atoms with Crippen molar-refractivity contribution < 1.29 is 0 Å². The van der Waals surface area contributed by atoms with Gasteiger partial charge in [0.15, 0.2) is 0 Å². The van der Waals surface area contributed by atoms with Crippen LogP contribution in [0, 0.1) is 0 Å². The molecule has 0 spiro atoms. The van der Waals surface area contributed by atoms with E-state index in [1.54, 1.807) is 5.56 Å². The summed E-state index contributed by atoms with van der Waals surface area (Å²) in [7, 11) is 0. The maximum Gasteiger partial charge on any atom is 0.252 e. The maximum atomic E-state index is 2.98. The topological polar surface area (TPSA) is 11.4 Å². The molecule has 63 heavy (non-hydrogen) atoms. The van der Waals surface area contributed by atoms with Crippen LogP contribution in [-0.2, 0) is 27.1 Å². The molecule has 0 radical (unpaired) electrons. The highest BCUT2D eigenvalue weighted by atomic mass is 15.3. The van der Waals surface area contributed by atoms with E-state index in [9.17, 15) is 0 Å². The molecule has 7 aliphatic rings. The Labute approximate surface area is 377 Å². The van der Waals surface area contributed by atoms with E-state index in [2.05, 4.69) is 182 Å². The standard InChI is InChI=1S/C59H66BN3/c1-53(2,3)35-29-39-48-51(38-21-13-14-22-40(38)55(48,7)8)61-46-33-37(62-45-24-16-15-23-41(45)56(9)25-17-19-27-58(56,62)11)34-47-49(46)60(43(31-35)50(39)61)44-32-36(54(4,5)6)30-42-52(44)63(47)59(12)28-20-18-26-57(42,59)10/h13-16,21-24,29-34H,17-20,25-28H2,1-12H3/t56-,57?,58?,59?/m1/s1. The van der Waals surface area contributed by atoms with Gasteiger partial charge in [0.25, 0.3) is 6.71 Å². The molecule has 4 aliphatic heterocycles. The number of fused-ring (bicyclic) bond motifs is 15. The van der Waals surface area contributed by atoms with Crippen LogP contribution in [0.4, 0.5) is 22.7 Å². The van der Waals surface area contributed by atoms with Crippen molar-refractivity contribution in [3.63, 3.8) is 0 Å². The number of hydrogen-bond acceptors (Lipinski definition) is 2. The molecule has 5 aromatic carbocycles. The fourth-order valence-corrected chi connectivity index (χ4v) is 15.5. The van der Waals surface area contributed by atoms with Gasteiger partial charge in [0, 0.05) is 61.1 Å². The Morgan fingerprint density at radius 2 is 1.11 bits per heavy atom. The third-order valence-electron chi connectivity index (χ3n) is 19.3. The Morgan fingerprint density at radius 3 is 1.81 bits per heavy atom. The van der Waals surface area contributed by atoms with Crippen LogP contribution in [0.2, 0.25) is 0 Å². The van der Waals surface area contributed by atoms with Crippen molar-refractivity contribution in [1.29, 1.82) is 0 Å². The van der Waals surface area contributed by atoms with Crippen LogP contribution < -0.4 is 26.2 Å². The summed E-state index contributed by atoms with van der Waals surface area (Å²) < 4.78 is 2.82. The molecule has 1 aromatic heterocycles. The zero-order chi connectivity index (χ0) is 43.8. The second kappa shape index (κ2) is 11.6. The highest BCUT2D eigenvalue weighted by Gasteiger charge is 2.63. The normalized spacial score (nSPS) is 27.8. The van der Waals surface area contributed by atoms with Gasteiger partial charge < -0.3 is 14.4 Å². The summed E-state index contributed by atoms with van der Waals surface area (Å²) in [6.07, 6.45) is 9.98. The van der Waals surface area contributed by atoms with Gasteiger partial charge in [-0.05, 0) is 124 Å². The van der Waals surface area contributed by atoms with Crippen LogP contribution in [-0.4, -0.2) is 22.4 Å². The number of para-hydroxylation sites is 1. The van der Waals surface area contributed by atoms with E-state index in [0.29, 0.717) is 0 Å². The Kier molecular flexibility index (Phi) is 7.11. The zero-order valence-electron chi connectivity index (χ0n) is 40.2. The quantitative estimate of drug-likeness (QED) is 0.153. The van der Waals surface area contributed by atoms with Crippen LogP contribution in [0.3, 0.4) is 0 Å². The van der Waals surface area contributed by atoms with Crippen LogP contribution in [0.1, 0.15) is 168 Å². The van der Waals surface area contributed by atoms with Crippen LogP contribution >= 0.6 is 0 Å². The maximum absolute atomic E-state index is 2.98. The highest BCUT2D eigenvalue weighted by Crippen LogP contribution is 2.65. The molecule has 2 fully saturated rings. The largest absolute Gasteiger partial charge is 0.335 e. The van der Waals surface area contributed by atoms with Gasteiger partial charge in [-0.1, -0.05) is 156 Å². The minimum Gasteiger partial charge on any atom is -0.335 e. The molecule has 6 aromatic rings. The molecular formula is C59H66BN3. The molecule has 0 N–H and O–H groups in total. The Hall–Kier alpha value is -4.70. The average Bonchev–Trinajstić information content (AvgIpc) is 3.85. The van der Waals surface area contributed by atoms with Gasteiger partial charge >= 0.3 is 0 Å². The zero-order valence-corrected chi connectivity index (χ0v) is 40.2. The van der Waals surface area contributed by atoms with Crippen LogP contribution in [0.15, 0.2) is 84.9 Å². The number of hydrogen-bond donors (Lipinski definition) is 0. The van der Waals surface area contributed by atoms with Crippen molar-refractivity contribution in [2.75, 3.05) is 9.80 Å². The Morgan fingerprint density at radius 1 is 0.540 bits per heavy atom. The lowest BCUT2D eigenvalue weighted by Crippen LogP contribution is -2.64.